The Morgan fingerprint density at radius 1 is 1.07 bits per heavy atom. The Morgan fingerprint density at radius 2 is 1.85 bits per heavy atom. The van der Waals surface area contributed by atoms with Crippen molar-refractivity contribution >= 4 is 11.7 Å². The van der Waals surface area contributed by atoms with Gasteiger partial charge in [0.1, 0.15) is 5.82 Å². The number of carbonyl (C=O) groups is 1. The van der Waals surface area contributed by atoms with Crippen molar-refractivity contribution in [1.29, 1.82) is 0 Å². The van der Waals surface area contributed by atoms with E-state index in [9.17, 15) is 14.0 Å². The molecule has 0 saturated heterocycles. The monoisotopic (exact) mass is 367 g/mol. The molecule has 3 rings (SSSR count). The Kier molecular flexibility index (Phi) is 5.88. The van der Waals surface area contributed by atoms with E-state index in [1.165, 1.54) is 22.9 Å². The SMILES string of the molecule is O=C(NCCCn1nc(-c2ccncc2)ccc1=O)Nc1ccccc1F. The molecule has 2 N–H and O–H groups in total. The Hall–Kier alpha value is -3.55. The number of para-hydroxylation sites is 1. The van der Waals surface area contributed by atoms with E-state index >= 15 is 0 Å². The number of nitrogens with one attached hydrogen (secondary N) is 2. The molecule has 138 valence electrons. The van der Waals surface area contributed by atoms with Gasteiger partial charge in [-0.25, -0.2) is 13.9 Å². The molecular weight excluding hydrogens is 349 g/mol. The van der Waals surface area contributed by atoms with Crippen LogP contribution in [0.25, 0.3) is 11.3 Å². The van der Waals surface area contributed by atoms with Gasteiger partial charge in [0, 0.05) is 37.1 Å². The number of hydrogen-bond acceptors (Lipinski definition) is 4. The Balaban J connectivity index is 1.52. The predicted molar refractivity (Wildman–Crippen MR) is 99.8 cm³/mol. The molecule has 0 aliphatic carbocycles. The first kappa shape index (κ1) is 18.2. The highest BCUT2D eigenvalue weighted by Crippen LogP contribution is 2.13. The number of carbonyl (C=O) groups excluding carboxylic acids is 1. The molecule has 0 atom stereocenters. The number of benzene rings is 1. The third-order valence-electron chi connectivity index (χ3n) is 3.80. The van der Waals surface area contributed by atoms with Crippen LogP contribution in [0.3, 0.4) is 0 Å². The van der Waals surface area contributed by atoms with E-state index in [2.05, 4.69) is 20.7 Å². The summed E-state index contributed by atoms with van der Waals surface area (Å²) in [6, 6.07) is 12.2. The number of pyridine rings is 1. The summed E-state index contributed by atoms with van der Waals surface area (Å²) in [5.74, 6) is -0.503. The first-order valence-electron chi connectivity index (χ1n) is 8.41. The molecule has 0 bridgehead atoms. The first-order valence-corrected chi connectivity index (χ1v) is 8.41. The zero-order valence-corrected chi connectivity index (χ0v) is 14.4. The number of nitrogens with zero attached hydrogens (tertiary/aromatic N) is 3. The third-order valence-corrected chi connectivity index (χ3v) is 3.80. The van der Waals surface area contributed by atoms with E-state index in [0.29, 0.717) is 25.2 Å². The maximum absolute atomic E-state index is 13.5. The number of aromatic nitrogens is 3. The lowest BCUT2D eigenvalue weighted by atomic mass is 10.2. The molecule has 0 fully saturated rings. The van der Waals surface area contributed by atoms with E-state index < -0.39 is 11.8 Å². The summed E-state index contributed by atoms with van der Waals surface area (Å²) in [6.45, 7) is 0.658. The van der Waals surface area contributed by atoms with Crippen molar-refractivity contribution in [3.8, 4) is 11.3 Å². The number of urea groups is 1. The molecule has 2 heterocycles. The highest BCUT2D eigenvalue weighted by Gasteiger charge is 2.06. The summed E-state index contributed by atoms with van der Waals surface area (Å²) < 4.78 is 14.8. The minimum Gasteiger partial charge on any atom is -0.338 e. The molecule has 0 saturated carbocycles. The average molecular weight is 367 g/mol. The van der Waals surface area contributed by atoms with Gasteiger partial charge < -0.3 is 10.6 Å². The zero-order valence-electron chi connectivity index (χ0n) is 14.4. The maximum atomic E-state index is 13.5. The second-order valence-electron chi connectivity index (χ2n) is 5.73. The molecule has 2 aromatic heterocycles. The Bertz CT molecular complexity index is 975. The van der Waals surface area contributed by atoms with Gasteiger partial charge in [-0.15, -0.1) is 0 Å². The third kappa shape index (κ3) is 4.97. The van der Waals surface area contributed by atoms with E-state index in [1.807, 2.05) is 12.1 Å². The number of aryl methyl sites for hydroxylation is 1. The first-order chi connectivity index (χ1) is 13.1. The van der Waals surface area contributed by atoms with Crippen molar-refractivity contribution in [3.63, 3.8) is 0 Å². The molecule has 0 spiro atoms. The summed E-state index contributed by atoms with van der Waals surface area (Å²) in [6.07, 6.45) is 3.81. The predicted octanol–water partition coefficient (Wildman–Crippen LogP) is 2.66. The lowest BCUT2D eigenvalue weighted by Crippen LogP contribution is -2.31. The second kappa shape index (κ2) is 8.70. The van der Waals surface area contributed by atoms with Crippen LogP contribution in [0.15, 0.2) is 65.7 Å². The van der Waals surface area contributed by atoms with E-state index in [1.54, 1.807) is 30.6 Å². The molecule has 3 aromatic rings. The summed E-state index contributed by atoms with van der Waals surface area (Å²) >= 11 is 0. The van der Waals surface area contributed by atoms with Crippen LogP contribution in [0.5, 0.6) is 0 Å². The van der Waals surface area contributed by atoms with Crippen LogP contribution >= 0.6 is 0 Å². The molecule has 0 unspecified atom stereocenters. The van der Waals surface area contributed by atoms with Crippen molar-refractivity contribution in [2.24, 2.45) is 0 Å². The van der Waals surface area contributed by atoms with Gasteiger partial charge in [-0.2, -0.15) is 5.10 Å². The molecule has 27 heavy (non-hydrogen) atoms. The standard InChI is InChI=1S/C19H18FN5O2/c20-15-4-1-2-5-17(15)23-19(27)22-10-3-13-25-18(26)7-6-16(24-25)14-8-11-21-12-9-14/h1-2,4-9,11-12H,3,10,13H2,(H2,22,23,27). The molecular formula is C19H18FN5O2. The van der Waals surface area contributed by atoms with Crippen LogP contribution < -0.4 is 16.2 Å². The number of amides is 2. The van der Waals surface area contributed by atoms with Gasteiger partial charge in [0.05, 0.1) is 11.4 Å². The second-order valence-corrected chi connectivity index (χ2v) is 5.73. The van der Waals surface area contributed by atoms with Gasteiger partial charge in [-0.3, -0.25) is 9.78 Å². The van der Waals surface area contributed by atoms with E-state index in [4.69, 9.17) is 0 Å². The normalized spacial score (nSPS) is 10.4. The number of hydrogen-bond donors (Lipinski definition) is 2. The van der Waals surface area contributed by atoms with Crippen LogP contribution in [-0.2, 0) is 6.54 Å². The van der Waals surface area contributed by atoms with E-state index in [0.717, 1.165) is 5.56 Å². The van der Waals surface area contributed by atoms with Crippen molar-refractivity contribution in [3.05, 3.63) is 77.1 Å². The van der Waals surface area contributed by atoms with Gasteiger partial charge in [0.25, 0.3) is 5.56 Å². The van der Waals surface area contributed by atoms with Crippen LogP contribution in [0, 0.1) is 5.82 Å². The van der Waals surface area contributed by atoms with E-state index in [-0.39, 0.29) is 11.2 Å². The van der Waals surface area contributed by atoms with Crippen molar-refractivity contribution in [2.75, 3.05) is 11.9 Å². The van der Waals surface area contributed by atoms with Crippen LogP contribution in [-0.4, -0.2) is 27.3 Å². The number of halogens is 1. The fourth-order valence-electron chi connectivity index (χ4n) is 2.45. The fourth-order valence-corrected chi connectivity index (χ4v) is 2.45. The summed E-state index contributed by atoms with van der Waals surface area (Å²) in [5.41, 5.74) is 1.42. The van der Waals surface area contributed by atoms with Crippen LogP contribution in [0.4, 0.5) is 14.9 Å². The van der Waals surface area contributed by atoms with Gasteiger partial charge in [0.15, 0.2) is 0 Å². The molecule has 8 heteroatoms. The fraction of sp³-hybridized carbons (Fsp3) is 0.158. The molecule has 0 aliphatic rings. The smallest absolute Gasteiger partial charge is 0.319 e. The Morgan fingerprint density at radius 3 is 2.63 bits per heavy atom. The van der Waals surface area contributed by atoms with Crippen LogP contribution in [0.1, 0.15) is 6.42 Å². The summed E-state index contributed by atoms with van der Waals surface area (Å²) in [5, 5.41) is 9.40. The number of rotatable bonds is 6. The Labute approximate surface area is 154 Å². The lowest BCUT2D eigenvalue weighted by Gasteiger charge is -2.09. The van der Waals surface area contributed by atoms with Gasteiger partial charge >= 0.3 is 6.03 Å². The lowest BCUT2D eigenvalue weighted by molar-refractivity contribution is 0.251. The largest absolute Gasteiger partial charge is 0.338 e. The minimum atomic E-state index is -0.508. The summed E-state index contributed by atoms with van der Waals surface area (Å²) in [7, 11) is 0. The van der Waals surface area contributed by atoms with Crippen molar-refractivity contribution < 1.29 is 9.18 Å². The maximum Gasteiger partial charge on any atom is 0.319 e. The molecule has 0 radical (unpaired) electrons. The average Bonchev–Trinajstić information content (AvgIpc) is 2.69. The van der Waals surface area contributed by atoms with Crippen molar-refractivity contribution in [2.45, 2.75) is 13.0 Å². The summed E-state index contributed by atoms with van der Waals surface area (Å²) in [4.78, 5) is 27.7. The number of anilines is 1. The molecule has 1 aromatic carbocycles. The molecule has 2 amide bonds. The highest BCUT2D eigenvalue weighted by molar-refractivity contribution is 5.89. The molecule has 7 nitrogen and oxygen atoms in total. The van der Waals surface area contributed by atoms with Crippen LogP contribution in [0.2, 0.25) is 0 Å². The molecule has 0 aliphatic heterocycles. The quantitative estimate of drug-likeness (QED) is 0.656. The highest BCUT2D eigenvalue weighted by atomic mass is 19.1. The van der Waals surface area contributed by atoms with Gasteiger partial charge in [0.2, 0.25) is 0 Å². The van der Waals surface area contributed by atoms with Crippen molar-refractivity contribution in [1.82, 2.24) is 20.1 Å². The minimum absolute atomic E-state index is 0.109. The van der Waals surface area contributed by atoms with Gasteiger partial charge in [-0.1, -0.05) is 12.1 Å². The van der Waals surface area contributed by atoms with Gasteiger partial charge in [-0.05, 0) is 36.8 Å². The topological polar surface area (TPSA) is 88.9 Å². The zero-order chi connectivity index (χ0) is 19.1.